The van der Waals surface area contributed by atoms with Crippen molar-refractivity contribution in [3.05, 3.63) is 35.1 Å². The second-order valence-electron chi connectivity index (χ2n) is 3.42. The minimum absolute atomic E-state index is 0. The van der Waals surface area contributed by atoms with Crippen LogP contribution in [0, 0.1) is 0 Å². The molecule has 2 aliphatic rings. The second kappa shape index (κ2) is 6.61. The van der Waals surface area contributed by atoms with Gasteiger partial charge in [-0.1, -0.05) is 23.8 Å². The average molecular weight is 543 g/mol. The molecule has 0 amide bonds. The Labute approximate surface area is 118 Å². The second-order valence-corrected chi connectivity index (χ2v) is 3.42. The van der Waals surface area contributed by atoms with Crippen LogP contribution in [0.15, 0.2) is 35.1 Å². The molecule has 0 atom stereocenters. The zero-order chi connectivity index (χ0) is 9.26. The van der Waals surface area contributed by atoms with Crippen molar-refractivity contribution in [1.29, 1.82) is 0 Å². The molecule has 0 aliphatic heterocycles. The van der Waals surface area contributed by atoms with E-state index in [9.17, 15) is 9.90 Å². The maximum Gasteiger partial charge on any atom is 0.159 e. The maximum absolute atomic E-state index is 10.9. The normalized spacial score (nSPS) is 21.9. The number of carbonyl (C=O) groups is 1. The first kappa shape index (κ1) is 15.1. The number of hydrogen-bond acceptors (Lipinski definition) is 2. The zero-order valence-corrected chi connectivity index (χ0v) is 14.1. The molecule has 0 saturated heterocycles. The predicted octanol–water partition coefficient (Wildman–Crippen LogP) is 1.24. The van der Waals surface area contributed by atoms with Crippen molar-refractivity contribution >= 4 is 5.78 Å². The summed E-state index contributed by atoms with van der Waals surface area (Å²) >= 11 is 0. The summed E-state index contributed by atoms with van der Waals surface area (Å²) in [5, 5.41) is 10.9. The van der Waals surface area contributed by atoms with E-state index in [-0.39, 0.29) is 53.7 Å². The molecule has 0 aromatic carbocycles. The summed E-state index contributed by atoms with van der Waals surface area (Å²) in [5.74, 6) is 0.490. The van der Waals surface area contributed by atoms with E-state index < -0.39 is 0 Å². The third-order valence-corrected chi connectivity index (χ3v) is 2.55. The van der Waals surface area contributed by atoms with Crippen molar-refractivity contribution in [1.82, 2.24) is 0 Å². The summed E-state index contributed by atoms with van der Waals surface area (Å²) in [5.41, 5.74) is 1.78. The number of hydrogen-bond donors (Lipinski definition) is 0. The van der Waals surface area contributed by atoms with Gasteiger partial charge in [-0.15, -0.1) is 5.76 Å². The molecule has 0 bridgehead atoms. The minimum Gasteiger partial charge on any atom is -0.875 e. The Morgan fingerprint density at radius 1 is 1.07 bits per heavy atom. The van der Waals surface area contributed by atoms with E-state index in [1.54, 1.807) is 0 Å². The third-order valence-electron chi connectivity index (χ3n) is 2.55. The molecule has 2 aliphatic carbocycles. The molecule has 0 aromatic rings. The molecule has 15 heavy (non-hydrogen) atoms. The summed E-state index contributed by atoms with van der Waals surface area (Å²) in [6.45, 7) is 0. The number of rotatable bonds is 2. The van der Waals surface area contributed by atoms with Gasteiger partial charge in [-0.3, -0.25) is 4.79 Å². The Morgan fingerprint density at radius 3 is 2.13 bits per heavy atom. The van der Waals surface area contributed by atoms with Crippen LogP contribution in [0.5, 0.6) is 0 Å². The maximum atomic E-state index is 10.9. The van der Waals surface area contributed by atoms with Gasteiger partial charge in [-0.05, 0) is 24.8 Å². The monoisotopic (exact) mass is 543 g/mol. The van der Waals surface area contributed by atoms with Crippen LogP contribution in [0.4, 0.5) is 0 Å². The fourth-order valence-electron chi connectivity index (χ4n) is 1.38. The molecule has 0 aromatic heterocycles. The summed E-state index contributed by atoms with van der Waals surface area (Å²) in [4.78, 5) is 10.9. The van der Waals surface area contributed by atoms with Crippen molar-refractivity contribution in [2.24, 2.45) is 0 Å². The molecule has 2 rings (SSSR count). The summed E-state index contributed by atoms with van der Waals surface area (Å²) < 4.78 is 0. The molecule has 0 unspecified atom stereocenters. The largest absolute Gasteiger partial charge is 0.875 e. The van der Waals surface area contributed by atoms with Crippen LogP contribution in [-0.4, -0.2) is 5.78 Å². The Balaban J connectivity index is 0.000000980. The summed E-state index contributed by atoms with van der Waals surface area (Å²) in [6.07, 6.45) is 8.64. The van der Waals surface area contributed by atoms with E-state index >= 15 is 0 Å². The Hall–Kier alpha value is 0.0666. The van der Waals surface area contributed by atoms with E-state index in [1.165, 1.54) is 0 Å². The van der Waals surface area contributed by atoms with Crippen LogP contribution < -0.4 is 5.11 Å². The number of ketones is 1. The van der Waals surface area contributed by atoms with E-state index in [2.05, 4.69) is 0 Å². The number of allylic oxidation sites excluding steroid dienone is 6. The average Bonchev–Trinajstić information content (AvgIpc) is 2.12. The third kappa shape index (κ3) is 3.54. The fourth-order valence-corrected chi connectivity index (χ4v) is 1.38. The van der Waals surface area contributed by atoms with E-state index in [0.29, 0.717) is 12.8 Å². The van der Waals surface area contributed by atoms with Gasteiger partial charge in [0.15, 0.2) is 5.78 Å². The Kier molecular flexibility index (Phi) is 6.64. The van der Waals surface area contributed by atoms with Crippen molar-refractivity contribution in [2.75, 3.05) is 0 Å². The molecule has 4 heteroatoms. The van der Waals surface area contributed by atoms with Gasteiger partial charge in [0.1, 0.15) is 0 Å². The Morgan fingerprint density at radius 2 is 1.80 bits per heavy atom. The number of carbonyl (C=O) groups excluding carboxylic acids is 1. The van der Waals surface area contributed by atoms with Gasteiger partial charge in [0, 0.05) is 48.6 Å². The molecular formula is C11H11O2W2-. The van der Waals surface area contributed by atoms with Gasteiger partial charge in [0.05, 0.1) is 0 Å². The van der Waals surface area contributed by atoms with Gasteiger partial charge in [-0.2, -0.15) is 0 Å². The van der Waals surface area contributed by atoms with Crippen molar-refractivity contribution in [3.8, 4) is 0 Å². The van der Waals surface area contributed by atoms with Crippen LogP contribution in [0.2, 0.25) is 0 Å². The Bertz CT molecular complexity index is 340. The number of Topliss-reactive ketones (excluding diaryl/α,β-unsaturated/α-hetero) is 1. The van der Waals surface area contributed by atoms with Crippen LogP contribution in [-0.2, 0) is 46.9 Å². The van der Waals surface area contributed by atoms with E-state index in [4.69, 9.17) is 0 Å². The van der Waals surface area contributed by atoms with E-state index in [1.807, 2.05) is 18.2 Å². The van der Waals surface area contributed by atoms with E-state index in [0.717, 1.165) is 24.0 Å². The predicted molar refractivity (Wildman–Crippen MR) is 47.7 cm³/mol. The van der Waals surface area contributed by atoms with Gasteiger partial charge in [0.2, 0.25) is 0 Å². The van der Waals surface area contributed by atoms with Crippen molar-refractivity contribution in [3.63, 3.8) is 0 Å². The van der Waals surface area contributed by atoms with Gasteiger partial charge in [0.25, 0.3) is 0 Å². The first-order valence-corrected chi connectivity index (χ1v) is 4.57. The smallest absolute Gasteiger partial charge is 0.159 e. The SMILES string of the molecule is O=C1CCC1=CC=CC1=C([O-])CC1.[W].[W]. The van der Waals surface area contributed by atoms with Crippen LogP contribution in [0.25, 0.3) is 0 Å². The molecule has 0 radical (unpaired) electrons. The zero-order valence-electron chi connectivity index (χ0n) is 8.19. The summed E-state index contributed by atoms with van der Waals surface area (Å²) in [6, 6.07) is 0. The first-order chi connectivity index (χ1) is 6.27. The topological polar surface area (TPSA) is 40.1 Å². The summed E-state index contributed by atoms with van der Waals surface area (Å²) in [7, 11) is 0. The molecule has 0 spiro atoms. The first-order valence-electron chi connectivity index (χ1n) is 4.57. The quantitative estimate of drug-likeness (QED) is 0.493. The fraction of sp³-hybridized carbons (Fsp3) is 0.364. The molecule has 1 fully saturated rings. The van der Waals surface area contributed by atoms with Crippen molar-refractivity contribution in [2.45, 2.75) is 25.7 Å². The molecular weight excluding hydrogens is 532 g/mol. The molecule has 80 valence electrons. The van der Waals surface area contributed by atoms with Crippen LogP contribution in [0.1, 0.15) is 25.7 Å². The molecule has 1 saturated carbocycles. The minimum atomic E-state index is 0. The van der Waals surface area contributed by atoms with Gasteiger partial charge < -0.3 is 5.11 Å². The van der Waals surface area contributed by atoms with Crippen molar-refractivity contribution < 1.29 is 52.0 Å². The molecule has 0 heterocycles. The van der Waals surface area contributed by atoms with Crippen LogP contribution in [0.3, 0.4) is 0 Å². The van der Waals surface area contributed by atoms with Gasteiger partial charge >= 0.3 is 0 Å². The molecule has 2 nitrogen and oxygen atoms in total. The standard InChI is InChI=1S/C11H12O2.2W/c12-10-6-4-8(10)2-1-3-9-5-7-11(9)13;;/h1-3,12H,4-7H2;;/p-1. The molecule has 0 N–H and O–H groups in total. The van der Waals surface area contributed by atoms with Gasteiger partial charge in [-0.25, -0.2) is 0 Å². The van der Waals surface area contributed by atoms with Crippen LogP contribution >= 0.6 is 0 Å².